The summed E-state index contributed by atoms with van der Waals surface area (Å²) < 4.78 is 0. The predicted octanol–water partition coefficient (Wildman–Crippen LogP) is 2.58. The number of carboxylic acids is 1. The summed E-state index contributed by atoms with van der Waals surface area (Å²) >= 11 is 0. The van der Waals surface area contributed by atoms with Gasteiger partial charge in [0.25, 0.3) is 0 Å². The molecule has 1 aromatic carbocycles. The number of hydrogen-bond acceptors (Lipinski definition) is 4. The molecule has 0 unspecified atom stereocenters. The first-order valence-corrected chi connectivity index (χ1v) is 6.00. The minimum absolute atomic E-state index is 0.00189. The van der Waals surface area contributed by atoms with Crippen LogP contribution in [0, 0.1) is 0 Å². The fraction of sp³-hybridized carbons (Fsp3) is 0. The van der Waals surface area contributed by atoms with E-state index in [1.807, 2.05) is 36.4 Å². The highest BCUT2D eigenvalue weighted by Crippen LogP contribution is 2.23. The molecule has 0 aliphatic carbocycles. The third kappa shape index (κ3) is 2.05. The minimum Gasteiger partial charge on any atom is -0.478 e. The van der Waals surface area contributed by atoms with Crippen LogP contribution in [-0.2, 0) is 0 Å². The quantitative estimate of drug-likeness (QED) is 0.743. The highest BCUT2D eigenvalue weighted by molar-refractivity contribution is 5.94. The average Bonchev–Trinajstić information content (AvgIpc) is 2.47. The number of anilines is 1. The van der Waals surface area contributed by atoms with Gasteiger partial charge in [0.2, 0.25) is 0 Å². The SMILES string of the molecule is Nc1ncc(-c2ccc3ccccc3n2)cc1C(=O)O. The molecule has 3 aromatic rings. The Morgan fingerprint density at radius 1 is 1.15 bits per heavy atom. The van der Waals surface area contributed by atoms with E-state index < -0.39 is 5.97 Å². The van der Waals surface area contributed by atoms with E-state index in [2.05, 4.69) is 9.97 Å². The first kappa shape index (κ1) is 12.1. The van der Waals surface area contributed by atoms with Crippen LogP contribution in [0.15, 0.2) is 48.7 Å². The smallest absolute Gasteiger partial charge is 0.339 e. The zero-order valence-corrected chi connectivity index (χ0v) is 10.4. The fourth-order valence-electron chi connectivity index (χ4n) is 2.01. The summed E-state index contributed by atoms with van der Waals surface area (Å²) in [6, 6.07) is 13.0. The number of fused-ring (bicyclic) bond motifs is 1. The summed E-state index contributed by atoms with van der Waals surface area (Å²) in [5.41, 5.74) is 7.67. The van der Waals surface area contributed by atoms with Gasteiger partial charge in [-0.3, -0.25) is 0 Å². The number of para-hydroxylation sites is 1. The molecule has 0 fully saturated rings. The van der Waals surface area contributed by atoms with Crippen LogP contribution in [0.4, 0.5) is 5.82 Å². The van der Waals surface area contributed by atoms with Gasteiger partial charge in [-0.1, -0.05) is 24.3 Å². The fourth-order valence-corrected chi connectivity index (χ4v) is 2.01. The number of rotatable bonds is 2. The lowest BCUT2D eigenvalue weighted by Gasteiger charge is -2.05. The predicted molar refractivity (Wildman–Crippen MR) is 76.3 cm³/mol. The molecule has 20 heavy (non-hydrogen) atoms. The summed E-state index contributed by atoms with van der Waals surface area (Å²) in [5.74, 6) is -1.10. The Morgan fingerprint density at radius 2 is 1.95 bits per heavy atom. The maximum Gasteiger partial charge on any atom is 0.339 e. The third-order valence-electron chi connectivity index (χ3n) is 3.04. The van der Waals surface area contributed by atoms with Crippen LogP contribution < -0.4 is 5.73 Å². The van der Waals surface area contributed by atoms with E-state index in [0.717, 1.165) is 10.9 Å². The third-order valence-corrected chi connectivity index (χ3v) is 3.04. The van der Waals surface area contributed by atoms with Gasteiger partial charge >= 0.3 is 5.97 Å². The van der Waals surface area contributed by atoms with E-state index >= 15 is 0 Å². The van der Waals surface area contributed by atoms with Crippen molar-refractivity contribution in [1.29, 1.82) is 0 Å². The zero-order valence-electron chi connectivity index (χ0n) is 10.4. The average molecular weight is 265 g/mol. The lowest BCUT2D eigenvalue weighted by atomic mass is 10.1. The van der Waals surface area contributed by atoms with Gasteiger partial charge in [0, 0.05) is 17.1 Å². The van der Waals surface area contributed by atoms with E-state index in [-0.39, 0.29) is 11.4 Å². The maximum absolute atomic E-state index is 11.1. The van der Waals surface area contributed by atoms with E-state index in [0.29, 0.717) is 11.3 Å². The molecule has 0 saturated heterocycles. The number of carboxylic acid groups (broad SMARTS) is 1. The molecule has 3 N–H and O–H groups in total. The highest BCUT2D eigenvalue weighted by Gasteiger charge is 2.11. The molecule has 0 bridgehead atoms. The van der Waals surface area contributed by atoms with E-state index in [1.165, 1.54) is 12.3 Å². The van der Waals surface area contributed by atoms with Crippen LogP contribution >= 0.6 is 0 Å². The number of nitrogens with two attached hydrogens (primary N) is 1. The van der Waals surface area contributed by atoms with Crippen LogP contribution in [0.3, 0.4) is 0 Å². The van der Waals surface area contributed by atoms with Crippen molar-refractivity contribution in [1.82, 2.24) is 9.97 Å². The second-order valence-electron chi connectivity index (χ2n) is 4.35. The Morgan fingerprint density at radius 3 is 2.75 bits per heavy atom. The molecule has 2 heterocycles. The standard InChI is InChI=1S/C15H11N3O2/c16-14-11(15(19)20)7-10(8-17-14)13-6-5-9-3-1-2-4-12(9)18-13/h1-8H,(H2,16,17)(H,19,20). The van der Waals surface area contributed by atoms with Gasteiger partial charge < -0.3 is 10.8 Å². The van der Waals surface area contributed by atoms with Crippen molar-refractivity contribution in [2.75, 3.05) is 5.73 Å². The summed E-state index contributed by atoms with van der Waals surface area (Å²) in [7, 11) is 0. The van der Waals surface area contributed by atoms with Crippen molar-refractivity contribution >= 4 is 22.7 Å². The number of benzene rings is 1. The molecular formula is C15H11N3O2. The van der Waals surface area contributed by atoms with Gasteiger partial charge in [-0.05, 0) is 18.2 Å². The highest BCUT2D eigenvalue weighted by atomic mass is 16.4. The number of aromatic nitrogens is 2. The second kappa shape index (κ2) is 4.62. The lowest BCUT2D eigenvalue weighted by Crippen LogP contribution is -2.04. The van der Waals surface area contributed by atoms with Crippen LogP contribution in [0.5, 0.6) is 0 Å². The van der Waals surface area contributed by atoms with Crippen molar-refractivity contribution in [2.24, 2.45) is 0 Å². The van der Waals surface area contributed by atoms with E-state index in [4.69, 9.17) is 10.8 Å². The van der Waals surface area contributed by atoms with Gasteiger partial charge in [0.15, 0.2) is 0 Å². The van der Waals surface area contributed by atoms with Crippen molar-refractivity contribution in [2.45, 2.75) is 0 Å². The van der Waals surface area contributed by atoms with Crippen molar-refractivity contribution < 1.29 is 9.90 Å². The number of pyridine rings is 2. The molecule has 0 amide bonds. The first-order valence-electron chi connectivity index (χ1n) is 6.00. The molecule has 5 nitrogen and oxygen atoms in total. The van der Waals surface area contributed by atoms with Crippen LogP contribution in [-0.4, -0.2) is 21.0 Å². The lowest BCUT2D eigenvalue weighted by molar-refractivity contribution is 0.0697. The Hall–Kier alpha value is -2.95. The largest absolute Gasteiger partial charge is 0.478 e. The van der Waals surface area contributed by atoms with Gasteiger partial charge in [0.05, 0.1) is 11.2 Å². The van der Waals surface area contributed by atoms with Gasteiger partial charge in [-0.25, -0.2) is 14.8 Å². The van der Waals surface area contributed by atoms with Gasteiger partial charge in [-0.15, -0.1) is 0 Å². The first-order chi connectivity index (χ1) is 9.65. The van der Waals surface area contributed by atoms with Crippen molar-refractivity contribution in [3.05, 3.63) is 54.2 Å². The number of carbonyl (C=O) groups is 1. The second-order valence-corrected chi connectivity index (χ2v) is 4.35. The monoisotopic (exact) mass is 265 g/mol. The molecule has 0 spiro atoms. The number of nitrogen functional groups attached to an aromatic ring is 1. The van der Waals surface area contributed by atoms with Crippen LogP contribution in [0.1, 0.15) is 10.4 Å². The van der Waals surface area contributed by atoms with Crippen LogP contribution in [0.2, 0.25) is 0 Å². The summed E-state index contributed by atoms with van der Waals surface area (Å²) in [6.07, 6.45) is 1.53. The van der Waals surface area contributed by atoms with Crippen molar-refractivity contribution in [3.63, 3.8) is 0 Å². The number of aromatic carboxylic acids is 1. The molecule has 0 radical (unpaired) electrons. The topological polar surface area (TPSA) is 89.1 Å². The van der Waals surface area contributed by atoms with Crippen molar-refractivity contribution in [3.8, 4) is 11.3 Å². The maximum atomic E-state index is 11.1. The molecule has 98 valence electrons. The Bertz CT molecular complexity index is 815. The number of hydrogen-bond donors (Lipinski definition) is 2. The molecule has 0 aliphatic rings. The van der Waals surface area contributed by atoms with Gasteiger partial charge in [-0.2, -0.15) is 0 Å². The van der Waals surface area contributed by atoms with E-state index in [1.54, 1.807) is 0 Å². The van der Waals surface area contributed by atoms with Gasteiger partial charge in [0.1, 0.15) is 11.4 Å². The molecular weight excluding hydrogens is 254 g/mol. The summed E-state index contributed by atoms with van der Waals surface area (Å²) in [6.45, 7) is 0. The molecule has 0 aliphatic heterocycles. The zero-order chi connectivity index (χ0) is 14.1. The molecule has 0 saturated carbocycles. The Kier molecular flexibility index (Phi) is 2.80. The summed E-state index contributed by atoms with van der Waals surface area (Å²) in [4.78, 5) is 19.5. The molecule has 3 rings (SSSR count). The summed E-state index contributed by atoms with van der Waals surface area (Å²) in [5, 5.41) is 10.1. The number of nitrogens with zero attached hydrogens (tertiary/aromatic N) is 2. The Balaban J connectivity index is 2.15. The molecule has 2 aromatic heterocycles. The van der Waals surface area contributed by atoms with Crippen LogP contribution in [0.25, 0.3) is 22.2 Å². The molecule has 0 atom stereocenters. The minimum atomic E-state index is -1.10. The molecule has 5 heteroatoms. The van der Waals surface area contributed by atoms with E-state index in [9.17, 15) is 4.79 Å². The Labute approximate surface area is 114 Å². The normalized spacial score (nSPS) is 10.6.